The quantitative estimate of drug-likeness (QED) is 0.822. The predicted octanol–water partition coefficient (Wildman–Crippen LogP) is 2.00. The van der Waals surface area contributed by atoms with Crippen molar-refractivity contribution in [2.45, 2.75) is 51.2 Å². The Morgan fingerprint density at radius 1 is 1.35 bits per heavy atom. The highest BCUT2D eigenvalue weighted by Crippen LogP contribution is 2.57. The van der Waals surface area contributed by atoms with Crippen LogP contribution in [-0.4, -0.2) is 31.1 Å². The van der Waals surface area contributed by atoms with E-state index in [1.54, 1.807) is 13.8 Å². The molecule has 0 aromatic rings. The van der Waals surface area contributed by atoms with Crippen molar-refractivity contribution in [3.63, 3.8) is 0 Å². The van der Waals surface area contributed by atoms with Crippen LogP contribution in [0, 0.1) is 17.3 Å². The van der Waals surface area contributed by atoms with Gasteiger partial charge in [-0.2, -0.15) is 0 Å². The zero-order valence-corrected chi connectivity index (χ0v) is 11.7. The zero-order valence-electron chi connectivity index (χ0n) is 10.9. The second-order valence-electron chi connectivity index (χ2n) is 6.27. The molecule has 2 rings (SSSR count). The van der Waals surface area contributed by atoms with Crippen LogP contribution in [0.3, 0.4) is 0 Å². The molecule has 100 valence electrons. The summed E-state index contributed by atoms with van der Waals surface area (Å²) in [6.45, 7) is 3.64. The van der Waals surface area contributed by atoms with E-state index in [0.29, 0.717) is 12.3 Å². The number of aliphatic hydroxyl groups excluding tert-OH is 1. The maximum Gasteiger partial charge on any atom is 0.152 e. The Morgan fingerprint density at radius 3 is 2.47 bits per heavy atom. The van der Waals surface area contributed by atoms with Gasteiger partial charge in [0.05, 0.1) is 11.0 Å². The lowest BCUT2D eigenvalue weighted by Gasteiger charge is -2.36. The molecular formula is C13H24O3S. The number of sulfone groups is 1. The number of rotatable bonds is 5. The van der Waals surface area contributed by atoms with Crippen LogP contribution in [0.2, 0.25) is 0 Å². The molecule has 3 nitrogen and oxygen atoms in total. The van der Waals surface area contributed by atoms with Gasteiger partial charge in [0.1, 0.15) is 0 Å². The molecular weight excluding hydrogens is 236 g/mol. The minimum Gasteiger partial charge on any atom is -0.396 e. The summed E-state index contributed by atoms with van der Waals surface area (Å²) in [4.78, 5) is 0. The van der Waals surface area contributed by atoms with E-state index in [1.165, 1.54) is 19.3 Å². The number of fused-ring (bicyclic) bond motifs is 2. The highest BCUT2D eigenvalue weighted by molar-refractivity contribution is 7.91. The Bertz CT molecular complexity index is 374. The van der Waals surface area contributed by atoms with Gasteiger partial charge in [-0.25, -0.2) is 8.42 Å². The van der Waals surface area contributed by atoms with Crippen LogP contribution < -0.4 is 0 Å². The maximum atomic E-state index is 11.9. The first-order valence-corrected chi connectivity index (χ1v) is 8.43. The fraction of sp³-hybridized carbons (Fsp3) is 1.00. The lowest BCUT2D eigenvalue weighted by atomic mass is 9.72. The van der Waals surface area contributed by atoms with Crippen molar-refractivity contribution < 1.29 is 13.5 Å². The van der Waals surface area contributed by atoms with Gasteiger partial charge in [-0.1, -0.05) is 6.42 Å². The van der Waals surface area contributed by atoms with Crippen LogP contribution in [0.1, 0.15) is 46.0 Å². The first-order valence-electron chi connectivity index (χ1n) is 6.72. The van der Waals surface area contributed by atoms with Crippen molar-refractivity contribution in [2.75, 3.05) is 12.4 Å². The Labute approximate surface area is 105 Å². The van der Waals surface area contributed by atoms with Crippen molar-refractivity contribution in [1.82, 2.24) is 0 Å². The third-order valence-electron chi connectivity index (χ3n) is 5.02. The molecule has 1 N–H and O–H groups in total. The second kappa shape index (κ2) is 4.54. The molecule has 2 aliphatic carbocycles. The molecule has 0 aromatic carbocycles. The molecule has 0 saturated heterocycles. The molecule has 0 aliphatic heterocycles. The highest BCUT2D eigenvalue weighted by atomic mass is 32.2. The predicted molar refractivity (Wildman–Crippen MR) is 68.5 cm³/mol. The van der Waals surface area contributed by atoms with Gasteiger partial charge in [0, 0.05) is 6.61 Å². The SMILES string of the molecule is CC(C)S(=O)(=O)CCC1(CO)CC2CCC1C2. The second-order valence-corrected chi connectivity index (χ2v) is 8.94. The zero-order chi connectivity index (χ0) is 12.7. The average Bonchev–Trinajstić information content (AvgIpc) is 2.86. The van der Waals surface area contributed by atoms with Crippen LogP contribution in [-0.2, 0) is 9.84 Å². The normalized spacial score (nSPS) is 36.9. The van der Waals surface area contributed by atoms with Gasteiger partial charge in [-0.15, -0.1) is 0 Å². The summed E-state index contributed by atoms with van der Waals surface area (Å²) in [6.07, 6.45) is 5.38. The lowest BCUT2D eigenvalue weighted by Crippen LogP contribution is -2.35. The Morgan fingerprint density at radius 2 is 2.06 bits per heavy atom. The molecule has 2 fully saturated rings. The molecule has 0 radical (unpaired) electrons. The van der Waals surface area contributed by atoms with E-state index in [0.717, 1.165) is 12.3 Å². The van der Waals surface area contributed by atoms with E-state index in [4.69, 9.17) is 0 Å². The molecule has 0 amide bonds. The van der Waals surface area contributed by atoms with E-state index in [9.17, 15) is 13.5 Å². The summed E-state index contributed by atoms with van der Waals surface area (Å²) < 4.78 is 23.7. The van der Waals surface area contributed by atoms with Crippen LogP contribution in [0.25, 0.3) is 0 Å². The number of hydrogen-bond acceptors (Lipinski definition) is 3. The smallest absolute Gasteiger partial charge is 0.152 e. The monoisotopic (exact) mass is 260 g/mol. The van der Waals surface area contributed by atoms with Crippen LogP contribution in [0.5, 0.6) is 0 Å². The van der Waals surface area contributed by atoms with Crippen LogP contribution in [0.15, 0.2) is 0 Å². The van der Waals surface area contributed by atoms with Gasteiger partial charge in [-0.05, 0) is 56.8 Å². The third-order valence-corrected chi connectivity index (χ3v) is 7.23. The number of aliphatic hydroxyl groups is 1. The van der Waals surface area contributed by atoms with E-state index in [1.807, 2.05) is 0 Å². The highest BCUT2D eigenvalue weighted by Gasteiger charge is 2.50. The Kier molecular flexibility index (Phi) is 3.56. The first-order chi connectivity index (χ1) is 7.89. The summed E-state index contributed by atoms with van der Waals surface area (Å²) >= 11 is 0. The van der Waals surface area contributed by atoms with E-state index in [2.05, 4.69) is 0 Å². The molecule has 2 bridgehead atoms. The summed E-state index contributed by atoms with van der Waals surface area (Å²) in [5.74, 6) is 1.56. The standard InChI is InChI=1S/C13H24O3S/c1-10(2)17(15,16)6-5-13(9-14)8-11-3-4-12(13)7-11/h10-12,14H,3-9H2,1-2H3. The minimum absolute atomic E-state index is 0.0785. The van der Waals surface area contributed by atoms with E-state index < -0.39 is 9.84 Å². The molecule has 3 unspecified atom stereocenters. The molecule has 2 aliphatic rings. The maximum absolute atomic E-state index is 11.9. The van der Waals surface area contributed by atoms with Crippen LogP contribution >= 0.6 is 0 Å². The Hall–Kier alpha value is -0.0900. The Balaban J connectivity index is 2.02. The summed E-state index contributed by atoms with van der Waals surface area (Å²) in [7, 11) is -2.96. The molecule has 4 heteroatoms. The van der Waals surface area contributed by atoms with E-state index >= 15 is 0 Å². The molecule has 17 heavy (non-hydrogen) atoms. The fourth-order valence-electron chi connectivity index (χ4n) is 3.72. The molecule has 0 spiro atoms. The molecule has 0 heterocycles. The van der Waals surface area contributed by atoms with Crippen molar-refractivity contribution in [2.24, 2.45) is 17.3 Å². The van der Waals surface area contributed by atoms with Crippen molar-refractivity contribution in [1.29, 1.82) is 0 Å². The van der Waals surface area contributed by atoms with E-state index in [-0.39, 0.29) is 23.0 Å². The van der Waals surface area contributed by atoms with Gasteiger partial charge in [0.2, 0.25) is 0 Å². The summed E-state index contributed by atoms with van der Waals surface area (Å²) in [6, 6.07) is 0. The van der Waals surface area contributed by atoms with Gasteiger partial charge in [0.25, 0.3) is 0 Å². The number of hydrogen-bond donors (Lipinski definition) is 1. The summed E-state index contributed by atoms with van der Waals surface area (Å²) in [5, 5.41) is 9.38. The van der Waals surface area contributed by atoms with Gasteiger partial charge in [-0.3, -0.25) is 0 Å². The first kappa shape index (κ1) is 13.3. The molecule has 3 atom stereocenters. The molecule has 0 aromatic heterocycles. The average molecular weight is 260 g/mol. The van der Waals surface area contributed by atoms with Crippen molar-refractivity contribution >= 4 is 9.84 Å². The largest absolute Gasteiger partial charge is 0.396 e. The molecule has 2 saturated carbocycles. The summed E-state index contributed by atoms with van der Waals surface area (Å²) in [5.41, 5.74) is -0.0785. The fourth-order valence-corrected chi connectivity index (χ4v) is 4.88. The van der Waals surface area contributed by atoms with Crippen molar-refractivity contribution in [3.8, 4) is 0 Å². The topological polar surface area (TPSA) is 54.4 Å². The third kappa shape index (κ3) is 2.39. The van der Waals surface area contributed by atoms with Gasteiger partial charge >= 0.3 is 0 Å². The van der Waals surface area contributed by atoms with Gasteiger partial charge in [0.15, 0.2) is 9.84 Å². The van der Waals surface area contributed by atoms with Crippen LogP contribution in [0.4, 0.5) is 0 Å². The lowest BCUT2D eigenvalue weighted by molar-refractivity contribution is 0.0619. The van der Waals surface area contributed by atoms with Gasteiger partial charge < -0.3 is 5.11 Å². The van der Waals surface area contributed by atoms with Crippen molar-refractivity contribution in [3.05, 3.63) is 0 Å². The minimum atomic E-state index is -2.96.